The smallest absolute Gasteiger partial charge is 0.270 e. The molecule has 5 rings (SSSR count). The molecule has 1 aliphatic heterocycles. The molecule has 36 heavy (non-hydrogen) atoms. The van der Waals surface area contributed by atoms with Gasteiger partial charge in [-0.2, -0.15) is 0 Å². The number of pyridine rings is 2. The number of hydrogen-bond donors (Lipinski definition) is 0. The van der Waals surface area contributed by atoms with Crippen molar-refractivity contribution in [3.8, 4) is 11.3 Å². The highest BCUT2D eigenvalue weighted by Gasteiger charge is 2.32. The van der Waals surface area contributed by atoms with Crippen molar-refractivity contribution in [1.82, 2.24) is 19.6 Å². The second kappa shape index (κ2) is 9.29. The van der Waals surface area contributed by atoms with E-state index in [0.29, 0.717) is 41.3 Å². The molecule has 9 heteroatoms. The van der Waals surface area contributed by atoms with Crippen LogP contribution in [0.5, 0.6) is 0 Å². The van der Waals surface area contributed by atoms with Crippen LogP contribution in [0.3, 0.4) is 0 Å². The van der Waals surface area contributed by atoms with Gasteiger partial charge >= 0.3 is 0 Å². The van der Waals surface area contributed by atoms with Gasteiger partial charge in [0.25, 0.3) is 11.4 Å². The van der Waals surface area contributed by atoms with Gasteiger partial charge in [-0.05, 0) is 26.0 Å². The Balaban J connectivity index is 1.40. The van der Waals surface area contributed by atoms with E-state index in [0.717, 1.165) is 23.6 Å². The molecule has 0 N–H and O–H groups in total. The van der Waals surface area contributed by atoms with Crippen LogP contribution >= 0.6 is 0 Å². The molecule has 1 saturated heterocycles. The SMILES string of the molecule is [C-]#[N+]c1ccc2c(n1)c(N1C[C@@H](C)N(Cc3cc(-c4ccccc4[N+]#[C-])no3)C[C@@H]1C)cc(=O)n2C. The van der Waals surface area contributed by atoms with E-state index in [1.54, 1.807) is 35.9 Å². The van der Waals surface area contributed by atoms with Gasteiger partial charge in [-0.15, -0.1) is 4.98 Å². The molecule has 1 fully saturated rings. The first kappa shape index (κ1) is 23.3. The highest BCUT2D eigenvalue weighted by molar-refractivity contribution is 5.89. The van der Waals surface area contributed by atoms with Crippen molar-refractivity contribution in [3.63, 3.8) is 0 Å². The number of rotatable bonds is 4. The fraction of sp³-hybridized carbons (Fsp3) is 0.296. The second-order valence-electron chi connectivity index (χ2n) is 9.16. The number of anilines is 1. The molecule has 1 aliphatic rings. The molecule has 1 aromatic carbocycles. The van der Waals surface area contributed by atoms with Crippen molar-refractivity contribution in [3.05, 3.63) is 87.5 Å². The lowest BCUT2D eigenvalue weighted by Gasteiger charge is -2.44. The zero-order valence-corrected chi connectivity index (χ0v) is 20.3. The first-order valence-corrected chi connectivity index (χ1v) is 11.7. The highest BCUT2D eigenvalue weighted by atomic mass is 16.5. The molecule has 0 aliphatic carbocycles. The first-order valence-electron chi connectivity index (χ1n) is 11.7. The van der Waals surface area contributed by atoms with Gasteiger partial charge < -0.3 is 18.8 Å². The molecule has 0 radical (unpaired) electrons. The third-order valence-electron chi connectivity index (χ3n) is 6.81. The summed E-state index contributed by atoms with van der Waals surface area (Å²) < 4.78 is 7.21. The number of aryl methyl sites for hydroxylation is 1. The van der Waals surface area contributed by atoms with Gasteiger partial charge in [0.2, 0.25) is 5.52 Å². The van der Waals surface area contributed by atoms with Crippen molar-refractivity contribution >= 4 is 28.2 Å². The molecule has 0 bridgehead atoms. The summed E-state index contributed by atoms with van der Waals surface area (Å²) in [6.07, 6.45) is 0. The summed E-state index contributed by atoms with van der Waals surface area (Å²) in [4.78, 5) is 28.9. The molecule has 4 aromatic rings. The molecular formula is C27H25N7O2. The van der Waals surface area contributed by atoms with Gasteiger partial charge in [-0.3, -0.25) is 9.69 Å². The summed E-state index contributed by atoms with van der Waals surface area (Å²) in [5.74, 6) is 1.04. The Morgan fingerprint density at radius 1 is 1.06 bits per heavy atom. The Kier molecular flexibility index (Phi) is 6.01. The van der Waals surface area contributed by atoms with E-state index in [9.17, 15) is 4.79 Å². The van der Waals surface area contributed by atoms with Crippen LogP contribution in [-0.4, -0.2) is 44.8 Å². The quantitative estimate of drug-likeness (QED) is 0.392. The van der Waals surface area contributed by atoms with E-state index >= 15 is 0 Å². The average molecular weight is 480 g/mol. The zero-order chi connectivity index (χ0) is 25.4. The number of piperazine rings is 1. The van der Waals surface area contributed by atoms with Crippen molar-refractivity contribution in [2.45, 2.75) is 32.5 Å². The van der Waals surface area contributed by atoms with Gasteiger partial charge in [-0.1, -0.05) is 36.0 Å². The Hall–Kier alpha value is -4.47. The minimum Gasteiger partial charge on any atom is -0.362 e. The van der Waals surface area contributed by atoms with Gasteiger partial charge in [-0.25, -0.2) is 4.85 Å². The van der Waals surface area contributed by atoms with E-state index in [1.807, 2.05) is 24.3 Å². The second-order valence-corrected chi connectivity index (χ2v) is 9.16. The molecular weight excluding hydrogens is 454 g/mol. The van der Waals surface area contributed by atoms with Crippen LogP contribution in [0.15, 0.2) is 57.8 Å². The van der Waals surface area contributed by atoms with Crippen molar-refractivity contribution < 1.29 is 4.52 Å². The third kappa shape index (κ3) is 4.10. The zero-order valence-electron chi connectivity index (χ0n) is 20.3. The van der Waals surface area contributed by atoms with Crippen molar-refractivity contribution in [2.75, 3.05) is 18.0 Å². The van der Waals surface area contributed by atoms with Crippen LogP contribution in [0.2, 0.25) is 0 Å². The Morgan fingerprint density at radius 3 is 2.64 bits per heavy atom. The van der Waals surface area contributed by atoms with Gasteiger partial charge in [0, 0.05) is 49.9 Å². The van der Waals surface area contributed by atoms with Crippen LogP contribution in [0.4, 0.5) is 17.2 Å². The fourth-order valence-electron chi connectivity index (χ4n) is 4.84. The summed E-state index contributed by atoms with van der Waals surface area (Å²) in [5.41, 5.74) is 3.99. The van der Waals surface area contributed by atoms with Gasteiger partial charge in [0.1, 0.15) is 5.69 Å². The molecule has 0 unspecified atom stereocenters. The van der Waals surface area contributed by atoms with Crippen LogP contribution < -0.4 is 10.5 Å². The number of hydrogen-bond acceptors (Lipinski definition) is 6. The van der Waals surface area contributed by atoms with E-state index < -0.39 is 0 Å². The standard InChI is InChI=1S/C27H25N7O2/c1-17-15-34(24-13-26(35)32(5)23-10-11-25(29-4)30-27(23)24)18(2)14-33(17)16-19-12-22(31-36-19)20-8-6-7-9-21(20)28-3/h6-13,17-18H,14-16H2,1-2,5H3/t17-,18+/m1/s1. The number of nitrogens with zero attached hydrogens (tertiary/aromatic N) is 7. The summed E-state index contributed by atoms with van der Waals surface area (Å²) in [7, 11) is 1.72. The molecule has 0 saturated carbocycles. The molecule has 3 aromatic heterocycles. The van der Waals surface area contributed by atoms with Crippen LogP contribution in [0.1, 0.15) is 19.6 Å². The Bertz CT molecular complexity index is 1590. The molecule has 0 spiro atoms. The predicted octanol–water partition coefficient (Wildman–Crippen LogP) is 4.79. The third-order valence-corrected chi connectivity index (χ3v) is 6.81. The van der Waals surface area contributed by atoms with E-state index in [2.05, 4.69) is 43.5 Å². The summed E-state index contributed by atoms with van der Waals surface area (Å²) in [5, 5.41) is 4.21. The largest absolute Gasteiger partial charge is 0.362 e. The van der Waals surface area contributed by atoms with Gasteiger partial charge in [0.15, 0.2) is 11.4 Å². The lowest BCUT2D eigenvalue weighted by molar-refractivity contribution is 0.142. The van der Waals surface area contributed by atoms with Crippen LogP contribution in [-0.2, 0) is 13.6 Å². The van der Waals surface area contributed by atoms with Crippen LogP contribution in [0.25, 0.3) is 32.0 Å². The molecule has 0 amide bonds. The van der Waals surface area contributed by atoms with E-state index in [1.165, 1.54) is 0 Å². The van der Waals surface area contributed by atoms with Crippen LogP contribution in [0, 0.1) is 13.1 Å². The number of para-hydroxylation sites is 1. The minimum atomic E-state index is -0.106. The predicted molar refractivity (Wildman–Crippen MR) is 138 cm³/mol. The minimum absolute atomic E-state index is 0.0973. The number of aromatic nitrogens is 3. The summed E-state index contributed by atoms with van der Waals surface area (Å²) in [6, 6.07) is 14.6. The molecule has 9 nitrogen and oxygen atoms in total. The topological polar surface area (TPSA) is 76.1 Å². The molecule has 180 valence electrons. The van der Waals surface area contributed by atoms with E-state index in [4.69, 9.17) is 17.7 Å². The summed E-state index contributed by atoms with van der Waals surface area (Å²) in [6.45, 7) is 21.0. The number of fused-ring (bicyclic) bond motifs is 1. The molecule has 4 heterocycles. The first-order chi connectivity index (χ1) is 17.4. The number of benzene rings is 1. The molecule has 2 atom stereocenters. The maximum atomic E-state index is 12.7. The normalized spacial score (nSPS) is 18.2. The maximum Gasteiger partial charge on any atom is 0.270 e. The Morgan fingerprint density at radius 2 is 1.86 bits per heavy atom. The average Bonchev–Trinajstić information content (AvgIpc) is 3.36. The fourth-order valence-corrected chi connectivity index (χ4v) is 4.84. The van der Waals surface area contributed by atoms with Crippen molar-refractivity contribution in [1.29, 1.82) is 0 Å². The summed E-state index contributed by atoms with van der Waals surface area (Å²) >= 11 is 0. The van der Waals surface area contributed by atoms with E-state index in [-0.39, 0.29) is 17.6 Å². The maximum absolute atomic E-state index is 12.7. The lowest BCUT2D eigenvalue weighted by Crippen LogP contribution is -2.56. The lowest BCUT2D eigenvalue weighted by atomic mass is 10.1. The van der Waals surface area contributed by atoms with Gasteiger partial charge in [0.05, 0.1) is 24.3 Å². The highest BCUT2D eigenvalue weighted by Crippen LogP contribution is 2.32. The Labute approximate surface area is 208 Å². The van der Waals surface area contributed by atoms with Crippen molar-refractivity contribution in [2.24, 2.45) is 7.05 Å². The monoisotopic (exact) mass is 479 g/mol.